The fourth-order valence-electron chi connectivity index (χ4n) is 1.62. The van der Waals surface area contributed by atoms with E-state index in [0.29, 0.717) is 16.9 Å². The lowest BCUT2D eigenvalue weighted by Gasteiger charge is -2.25. The van der Waals surface area contributed by atoms with E-state index in [-0.39, 0.29) is 5.78 Å². The maximum absolute atomic E-state index is 11.3. The highest BCUT2D eigenvalue weighted by Crippen LogP contribution is 2.35. The summed E-state index contributed by atoms with van der Waals surface area (Å²) in [5.41, 5.74) is 1.84. The van der Waals surface area contributed by atoms with E-state index in [2.05, 4.69) is 20.9 Å². The van der Waals surface area contributed by atoms with Crippen LogP contribution in [0.25, 0.3) is 0 Å². The lowest BCUT2D eigenvalue weighted by molar-refractivity contribution is 0.101. The summed E-state index contributed by atoms with van der Waals surface area (Å²) in [7, 11) is 0. The number of hydrogen-bond donors (Lipinski definition) is 0. The molecule has 0 aliphatic heterocycles. The molecule has 2 nitrogen and oxygen atoms in total. The first-order chi connectivity index (χ1) is 6.81. The summed E-state index contributed by atoms with van der Waals surface area (Å²) in [6, 6.07) is 3.87. The lowest BCUT2D eigenvalue weighted by atomic mass is 9.81. The van der Waals surface area contributed by atoms with Gasteiger partial charge in [-0.3, -0.25) is 9.78 Å². The number of carbonyl (C=O) groups is 1. The van der Waals surface area contributed by atoms with Crippen LogP contribution >= 0.6 is 15.9 Å². The molecule has 1 aromatic heterocycles. The summed E-state index contributed by atoms with van der Waals surface area (Å²) in [5.74, 6) is 0.737. The van der Waals surface area contributed by atoms with Crippen LogP contribution in [-0.4, -0.2) is 16.1 Å². The average molecular weight is 254 g/mol. The Balaban J connectivity index is 2.13. The molecule has 0 aromatic carbocycles. The molecule has 1 saturated carbocycles. The van der Waals surface area contributed by atoms with Crippen molar-refractivity contribution in [1.82, 2.24) is 4.98 Å². The molecule has 0 atom stereocenters. The molecule has 2 rings (SSSR count). The number of alkyl halides is 1. The number of ketones is 1. The standard InChI is InChI=1S/C11H12BrNO/c12-6-11(14)10-5-4-9(7-13-10)8-2-1-3-8/h4-5,7-8H,1-3,6H2. The molecule has 0 spiro atoms. The second-order valence-electron chi connectivity index (χ2n) is 3.66. The van der Waals surface area contributed by atoms with Crippen molar-refractivity contribution in [3.05, 3.63) is 29.6 Å². The Labute approximate surface area is 91.9 Å². The predicted molar refractivity (Wildman–Crippen MR) is 59.0 cm³/mol. The van der Waals surface area contributed by atoms with E-state index in [4.69, 9.17) is 0 Å². The van der Waals surface area contributed by atoms with Crippen molar-refractivity contribution in [1.29, 1.82) is 0 Å². The van der Waals surface area contributed by atoms with Crippen molar-refractivity contribution in [3.8, 4) is 0 Å². The number of aromatic nitrogens is 1. The van der Waals surface area contributed by atoms with Crippen LogP contribution in [0, 0.1) is 0 Å². The van der Waals surface area contributed by atoms with Gasteiger partial charge in [0.15, 0.2) is 5.78 Å². The highest BCUT2D eigenvalue weighted by molar-refractivity contribution is 9.09. The highest BCUT2D eigenvalue weighted by atomic mass is 79.9. The van der Waals surface area contributed by atoms with E-state index >= 15 is 0 Å². The molecule has 3 heteroatoms. The number of Topliss-reactive ketones (excluding diaryl/α,β-unsaturated/α-hetero) is 1. The van der Waals surface area contributed by atoms with Gasteiger partial charge in [-0.25, -0.2) is 0 Å². The Hall–Kier alpha value is -0.700. The van der Waals surface area contributed by atoms with E-state index in [9.17, 15) is 4.79 Å². The number of carbonyl (C=O) groups excluding carboxylic acids is 1. The van der Waals surface area contributed by atoms with Gasteiger partial charge in [0, 0.05) is 6.20 Å². The molecule has 0 amide bonds. The Kier molecular flexibility index (Phi) is 2.96. The van der Waals surface area contributed by atoms with E-state index in [1.165, 1.54) is 24.8 Å². The number of hydrogen-bond acceptors (Lipinski definition) is 2. The quantitative estimate of drug-likeness (QED) is 0.613. The third-order valence-corrected chi connectivity index (χ3v) is 3.28. The monoisotopic (exact) mass is 253 g/mol. The fourth-order valence-corrected chi connectivity index (χ4v) is 1.91. The van der Waals surface area contributed by atoms with Crippen LogP contribution in [0.5, 0.6) is 0 Å². The first-order valence-electron chi connectivity index (χ1n) is 4.86. The van der Waals surface area contributed by atoms with Crippen LogP contribution in [0.4, 0.5) is 0 Å². The zero-order valence-corrected chi connectivity index (χ0v) is 9.46. The van der Waals surface area contributed by atoms with Gasteiger partial charge in [-0.1, -0.05) is 28.4 Å². The van der Waals surface area contributed by atoms with Gasteiger partial charge in [0.1, 0.15) is 5.69 Å². The molecule has 74 valence electrons. The molecule has 1 aliphatic rings. The SMILES string of the molecule is O=C(CBr)c1ccc(C2CCC2)cn1. The summed E-state index contributed by atoms with van der Waals surface area (Å²) in [6.45, 7) is 0. The van der Waals surface area contributed by atoms with E-state index in [1.807, 2.05) is 18.3 Å². The molecule has 14 heavy (non-hydrogen) atoms. The fraction of sp³-hybridized carbons (Fsp3) is 0.455. The number of nitrogens with zero attached hydrogens (tertiary/aromatic N) is 1. The topological polar surface area (TPSA) is 30.0 Å². The molecule has 0 unspecified atom stereocenters. The molecule has 0 bridgehead atoms. The van der Waals surface area contributed by atoms with Gasteiger partial charge in [0.2, 0.25) is 0 Å². The second kappa shape index (κ2) is 4.22. The minimum atomic E-state index is 0.0464. The molecule has 0 radical (unpaired) electrons. The van der Waals surface area contributed by atoms with Crippen molar-refractivity contribution in [3.63, 3.8) is 0 Å². The summed E-state index contributed by atoms with van der Waals surface area (Å²) in [4.78, 5) is 15.4. The number of pyridine rings is 1. The first-order valence-corrected chi connectivity index (χ1v) is 5.98. The Morgan fingerprint density at radius 2 is 2.29 bits per heavy atom. The normalized spacial score (nSPS) is 16.4. The summed E-state index contributed by atoms with van der Waals surface area (Å²) >= 11 is 3.13. The Morgan fingerprint density at radius 1 is 1.50 bits per heavy atom. The molecule has 1 aromatic rings. The third kappa shape index (κ3) is 1.87. The van der Waals surface area contributed by atoms with Crippen LogP contribution in [0.1, 0.15) is 41.2 Å². The maximum atomic E-state index is 11.3. The largest absolute Gasteiger partial charge is 0.291 e. The van der Waals surface area contributed by atoms with Crippen LogP contribution < -0.4 is 0 Å². The predicted octanol–water partition coefficient (Wildman–Crippen LogP) is 2.93. The van der Waals surface area contributed by atoms with Crippen molar-refractivity contribution < 1.29 is 4.79 Å². The summed E-state index contributed by atoms with van der Waals surface area (Å²) < 4.78 is 0. The third-order valence-electron chi connectivity index (χ3n) is 2.77. The van der Waals surface area contributed by atoms with Crippen LogP contribution in [0.15, 0.2) is 18.3 Å². The van der Waals surface area contributed by atoms with Gasteiger partial charge < -0.3 is 0 Å². The average Bonchev–Trinajstić information content (AvgIpc) is 2.15. The van der Waals surface area contributed by atoms with Gasteiger partial charge in [-0.2, -0.15) is 0 Å². The summed E-state index contributed by atoms with van der Waals surface area (Å²) in [6.07, 6.45) is 5.72. The number of halogens is 1. The van der Waals surface area contributed by atoms with Gasteiger partial charge in [0.25, 0.3) is 0 Å². The van der Waals surface area contributed by atoms with Gasteiger partial charge in [0.05, 0.1) is 5.33 Å². The number of rotatable bonds is 3. The molecular formula is C11H12BrNO. The second-order valence-corrected chi connectivity index (χ2v) is 4.22. The van der Waals surface area contributed by atoms with Crippen LogP contribution in [-0.2, 0) is 0 Å². The van der Waals surface area contributed by atoms with Crippen molar-refractivity contribution in [2.75, 3.05) is 5.33 Å². The van der Waals surface area contributed by atoms with Crippen molar-refractivity contribution in [2.24, 2.45) is 0 Å². The van der Waals surface area contributed by atoms with E-state index in [1.54, 1.807) is 0 Å². The van der Waals surface area contributed by atoms with E-state index in [0.717, 1.165) is 0 Å². The van der Waals surface area contributed by atoms with Gasteiger partial charge >= 0.3 is 0 Å². The van der Waals surface area contributed by atoms with Crippen molar-refractivity contribution in [2.45, 2.75) is 25.2 Å². The highest BCUT2D eigenvalue weighted by Gasteiger charge is 2.19. The molecule has 0 saturated heterocycles. The lowest BCUT2D eigenvalue weighted by Crippen LogP contribution is -2.10. The molecule has 1 heterocycles. The molecule has 1 aliphatic carbocycles. The van der Waals surface area contributed by atoms with Crippen LogP contribution in [0.3, 0.4) is 0 Å². The van der Waals surface area contributed by atoms with Gasteiger partial charge in [-0.05, 0) is 30.4 Å². The minimum Gasteiger partial charge on any atom is -0.291 e. The van der Waals surface area contributed by atoms with Crippen molar-refractivity contribution >= 4 is 21.7 Å². The Morgan fingerprint density at radius 3 is 2.71 bits per heavy atom. The first kappa shape index (κ1) is 9.84. The Bertz CT molecular complexity index is 330. The smallest absolute Gasteiger partial charge is 0.191 e. The van der Waals surface area contributed by atoms with Gasteiger partial charge in [-0.15, -0.1) is 0 Å². The zero-order chi connectivity index (χ0) is 9.97. The summed E-state index contributed by atoms with van der Waals surface area (Å²) in [5, 5.41) is 0.350. The van der Waals surface area contributed by atoms with Crippen LogP contribution in [0.2, 0.25) is 0 Å². The molecular weight excluding hydrogens is 242 g/mol. The maximum Gasteiger partial charge on any atom is 0.191 e. The zero-order valence-electron chi connectivity index (χ0n) is 7.87. The minimum absolute atomic E-state index is 0.0464. The molecule has 1 fully saturated rings. The van der Waals surface area contributed by atoms with E-state index < -0.39 is 0 Å². The molecule has 0 N–H and O–H groups in total.